The summed E-state index contributed by atoms with van der Waals surface area (Å²) in [5.41, 5.74) is 3.13. The Kier molecular flexibility index (Phi) is 5.93. The SMILES string of the molecule is CN(Cc1cc(N2C=CCNC2)cc(C(C)(C)C)c1O)C1CCCCC1. The number of aromatic hydroxyl groups is 1. The van der Waals surface area contributed by atoms with E-state index in [2.05, 4.69) is 67.3 Å². The van der Waals surface area contributed by atoms with E-state index in [-0.39, 0.29) is 5.41 Å². The van der Waals surface area contributed by atoms with Gasteiger partial charge in [0.1, 0.15) is 5.75 Å². The topological polar surface area (TPSA) is 38.7 Å². The van der Waals surface area contributed by atoms with Crippen molar-refractivity contribution in [2.45, 2.75) is 70.9 Å². The van der Waals surface area contributed by atoms with E-state index in [1.165, 1.54) is 32.1 Å². The summed E-state index contributed by atoms with van der Waals surface area (Å²) < 4.78 is 0. The molecule has 1 aromatic rings. The molecule has 144 valence electrons. The fourth-order valence-corrected chi connectivity index (χ4v) is 4.13. The zero-order valence-corrected chi connectivity index (χ0v) is 16.9. The number of hydrogen-bond acceptors (Lipinski definition) is 4. The Hall–Kier alpha value is -1.52. The minimum Gasteiger partial charge on any atom is -0.507 e. The summed E-state index contributed by atoms with van der Waals surface area (Å²) in [5.74, 6) is 0.470. The van der Waals surface area contributed by atoms with Crippen molar-refractivity contribution in [1.29, 1.82) is 0 Å². The molecular formula is C22H35N3O. The van der Waals surface area contributed by atoms with Gasteiger partial charge in [-0.1, -0.05) is 46.1 Å². The standard InChI is InChI=1S/C22H35N3O/c1-22(2,3)20-14-19(25-12-8-11-23-16-25)13-17(21(20)26)15-24(4)18-9-6-5-7-10-18/h8,12-14,18,23,26H,5-7,9-11,15-16H2,1-4H3. The molecule has 0 aromatic heterocycles. The maximum Gasteiger partial charge on any atom is 0.123 e. The van der Waals surface area contributed by atoms with E-state index >= 15 is 0 Å². The lowest BCUT2D eigenvalue weighted by atomic mass is 9.84. The molecule has 2 N–H and O–H groups in total. The molecular weight excluding hydrogens is 322 g/mol. The number of anilines is 1. The van der Waals surface area contributed by atoms with Crippen molar-refractivity contribution in [2.75, 3.05) is 25.2 Å². The van der Waals surface area contributed by atoms with Gasteiger partial charge in [0.25, 0.3) is 0 Å². The highest BCUT2D eigenvalue weighted by molar-refractivity contribution is 5.60. The fraction of sp³-hybridized carbons (Fsp3) is 0.636. The largest absolute Gasteiger partial charge is 0.507 e. The van der Waals surface area contributed by atoms with E-state index in [0.717, 1.165) is 36.6 Å². The predicted octanol–water partition coefficient (Wildman–Crippen LogP) is 4.34. The summed E-state index contributed by atoms with van der Waals surface area (Å²) in [6.45, 7) is 9.04. The number of nitrogens with zero attached hydrogens (tertiary/aromatic N) is 2. The molecule has 0 radical (unpaired) electrons. The molecule has 0 amide bonds. The summed E-state index contributed by atoms with van der Waals surface area (Å²) >= 11 is 0. The summed E-state index contributed by atoms with van der Waals surface area (Å²) in [4.78, 5) is 4.66. The zero-order valence-electron chi connectivity index (χ0n) is 16.9. The van der Waals surface area contributed by atoms with Gasteiger partial charge in [-0.2, -0.15) is 0 Å². The third kappa shape index (κ3) is 4.41. The van der Waals surface area contributed by atoms with Crippen LogP contribution in [0.15, 0.2) is 24.4 Å². The average Bonchev–Trinajstić information content (AvgIpc) is 2.64. The number of benzene rings is 1. The smallest absolute Gasteiger partial charge is 0.123 e. The average molecular weight is 358 g/mol. The van der Waals surface area contributed by atoms with Crippen molar-refractivity contribution in [3.8, 4) is 5.75 Å². The van der Waals surface area contributed by atoms with E-state index in [1.807, 2.05) is 0 Å². The van der Waals surface area contributed by atoms with E-state index in [4.69, 9.17) is 0 Å². The van der Waals surface area contributed by atoms with Gasteiger partial charge in [-0.05, 0) is 37.4 Å². The molecule has 0 atom stereocenters. The van der Waals surface area contributed by atoms with Crippen LogP contribution in [0.2, 0.25) is 0 Å². The highest BCUT2D eigenvalue weighted by Crippen LogP contribution is 2.38. The van der Waals surface area contributed by atoms with Gasteiger partial charge >= 0.3 is 0 Å². The third-order valence-electron chi connectivity index (χ3n) is 5.76. The molecule has 0 bridgehead atoms. The van der Waals surface area contributed by atoms with Gasteiger partial charge in [0, 0.05) is 42.1 Å². The Labute approximate surface area is 158 Å². The van der Waals surface area contributed by atoms with Gasteiger partial charge in [0.2, 0.25) is 0 Å². The van der Waals surface area contributed by atoms with Crippen LogP contribution < -0.4 is 10.2 Å². The molecule has 26 heavy (non-hydrogen) atoms. The second-order valence-electron chi connectivity index (χ2n) is 8.92. The molecule has 3 rings (SSSR count). The normalized spacial score (nSPS) is 19.3. The molecule has 1 heterocycles. The Morgan fingerprint density at radius 1 is 1.19 bits per heavy atom. The summed E-state index contributed by atoms with van der Waals surface area (Å²) in [5, 5.41) is 14.4. The first-order valence-corrected chi connectivity index (χ1v) is 10.1. The molecule has 0 spiro atoms. The molecule has 0 unspecified atom stereocenters. The number of hydrogen-bond donors (Lipinski definition) is 2. The molecule has 4 nitrogen and oxygen atoms in total. The maximum atomic E-state index is 11.0. The Morgan fingerprint density at radius 2 is 1.92 bits per heavy atom. The highest BCUT2D eigenvalue weighted by Gasteiger charge is 2.25. The van der Waals surface area contributed by atoms with Crippen molar-refractivity contribution in [3.63, 3.8) is 0 Å². The molecule has 0 saturated heterocycles. The Balaban J connectivity index is 1.91. The monoisotopic (exact) mass is 357 g/mol. The summed E-state index contributed by atoms with van der Waals surface area (Å²) in [7, 11) is 2.21. The van der Waals surface area contributed by atoms with Gasteiger partial charge in [-0.3, -0.25) is 10.2 Å². The van der Waals surface area contributed by atoms with Crippen LogP contribution in [0.4, 0.5) is 5.69 Å². The number of rotatable bonds is 4. The van der Waals surface area contributed by atoms with Crippen molar-refractivity contribution in [1.82, 2.24) is 10.2 Å². The lowest BCUT2D eigenvalue weighted by Gasteiger charge is -2.33. The van der Waals surface area contributed by atoms with E-state index in [0.29, 0.717) is 11.8 Å². The third-order valence-corrected chi connectivity index (χ3v) is 5.76. The maximum absolute atomic E-state index is 11.0. The van der Waals surface area contributed by atoms with Gasteiger partial charge in [-0.15, -0.1) is 0 Å². The van der Waals surface area contributed by atoms with E-state index in [1.54, 1.807) is 0 Å². The van der Waals surface area contributed by atoms with Crippen LogP contribution in [0.5, 0.6) is 5.75 Å². The Bertz CT molecular complexity index is 642. The Morgan fingerprint density at radius 3 is 2.54 bits per heavy atom. The zero-order chi connectivity index (χ0) is 18.7. The van der Waals surface area contributed by atoms with Gasteiger partial charge in [0.15, 0.2) is 0 Å². The van der Waals surface area contributed by atoms with E-state index < -0.39 is 0 Å². The molecule has 1 aliphatic heterocycles. The van der Waals surface area contributed by atoms with Crippen LogP contribution in [0, 0.1) is 0 Å². The minimum absolute atomic E-state index is 0.0921. The van der Waals surface area contributed by atoms with Gasteiger partial charge in [-0.25, -0.2) is 0 Å². The van der Waals surface area contributed by atoms with Crippen LogP contribution in [-0.2, 0) is 12.0 Å². The van der Waals surface area contributed by atoms with Crippen LogP contribution in [0.25, 0.3) is 0 Å². The first-order valence-electron chi connectivity index (χ1n) is 10.1. The number of phenols is 1. The molecule has 4 heteroatoms. The second kappa shape index (κ2) is 8.01. The molecule has 1 aromatic carbocycles. The van der Waals surface area contributed by atoms with Gasteiger partial charge in [0.05, 0.1) is 6.67 Å². The minimum atomic E-state index is -0.0921. The molecule has 1 aliphatic carbocycles. The fourth-order valence-electron chi connectivity index (χ4n) is 4.13. The van der Waals surface area contributed by atoms with Crippen molar-refractivity contribution < 1.29 is 5.11 Å². The molecule has 2 aliphatic rings. The van der Waals surface area contributed by atoms with Crippen molar-refractivity contribution >= 4 is 5.69 Å². The van der Waals surface area contributed by atoms with Crippen LogP contribution in [0.1, 0.15) is 64.0 Å². The quantitative estimate of drug-likeness (QED) is 0.841. The molecule has 1 saturated carbocycles. The van der Waals surface area contributed by atoms with Crippen LogP contribution >= 0.6 is 0 Å². The van der Waals surface area contributed by atoms with Crippen LogP contribution in [0.3, 0.4) is 0 Å². The lowest BCUT2D eigenvalue weighted by molar-refractivity contribution is 0.183. The van der Waals surface area contributed by atoms with Crippen molar-refractivity contribution in [3.05, 3.63) is 35.5 Å². The van der Waals surface area contributed by atoms with E-state index in [9.17, 15) is 5.11 Å². The van der Waals surface area contributed by atoms with Crippen LogP contribution in [-0.4, -0.2) is 36.3 Å². The number of phenolic OH excluding ortho intramolecular Hbond substituents is 1. The predicted molar refractivity (Wildman–Crippen MR) is 110 cm³/mol. The van der Waals surface area contributed by atoms with Crippen molar-refractivity contribution in [2.24, 2.45) is 0 Å². The second-order valence-corrected chi connectivity index (χ2v) is 8.92. The molecule has 1 fully saturated rings. The highest BCUT2D eigenvalue weighted by atomic mass is 16.3. The summed E-state index contributed by atoms with van der Waals surface area (Å²) in [6.07, 6.45) is 10.9. The first-order chi connectivity index (χ1) is 12.4. The lowest BCUT2D eigenvalue weighted by Crippen LogP contribution is -2.35. The first kappa shape index (κ1) is 19.2. The summed E-state index contributed by atoms with van der Waals surface area (Å²) in [6, 6.07) is 4.96. The van der Waals surface area contributed by atoms with Gasteiger partial charge < -0.3 is 10.0 Å². The number of nitrogens with one attached hydrogen (secondary N) is 1.